The lowest BCUT2D eigenvalue weighted by Gasteiger charge is -2.17. The molecule has 0 spiro atoms. The van der Waals surface area contributed by atoms with Crippen molar-refractivity contribution in [2.75, 3.05) is 7.11 Å². The van der Waals surface area contributed by atoms with Crippen LogP contribution in [0, 0.1) is 5.92 Å². The molecule has 0 amide bonds. The van der Waals surface area contributed by atoms with Gasteiger partial charge in [-0.3, -0.25) is 9.79 Å². The minimum Gasteiger partial charge on any atom is -0.496 e. The van der Waals surface area contributed by atoms with Crippen molar-refractivity contribution < 1.29 is 9.53 Å². The van der Waals surface area contributed by atoms with Gasteiger partial charge in [0.25, 0.3) is 0 Å². The Morgan fingerprint density at radius 1 is 1.23 bits per heavy atom. The number of aliphatic imine (C=N–C) groups is 1. The molecular formula is C19H25NO2. The third kappa shape index (κ3) is 3.76. The standard InChI is InChI=1S/C19H25NO2/c1-22-19-9-5-6-15(13-20-16-7-3-2-4-8-16)17(19)12-18(21)14-10-11-14/h5-6,9,13-14,16H,2-4,7-8,10-12H2,1H3. The molecule has 3 rings (SSSR count). The molecule has 0 radical (unpaired) electrons. The minimum absolute atomic E-state index is 0.285. The smallest absolute Gasteiger partial charge is 0.140 e. The van der Waals surface area contributed by atoms with E-state index in [4.69, 9.17) is 9.73 Å². The highest BCUT2D eigenvalue weighted by atomic mass is 16.5. The molecule has 3 heteroatoms. The normalized spacial score (nSPS) is 19.5. The van der Waals surface area contributed by atoms with Gasteiger partial charge >= 0.3 is 0 Å². The fraction of sp³-hybridized carbons (Fsp3) is 0.579. The Kier molecular flexibility index (Phi) is 4.91. The van der Waals surface area contributed by atoms with E-state index in [2.05, 4.69) is 0 Å². The molecule has 118 valence electrons. The highest BCUT2D eigenvalue weighted by molar-refractivity contribution is 5.90. The predicted molar refractivity (Wildman–Crippen MR) is 88.9 cm³/mol. The van der Waals surface area contributed by atoms with Gasteiger partial charge in [0, 0.05) is 30.2 Å². The molecule has 0 aliphatic heterocycles. The van der Waals surface area contributed by atoms with Crippen molar-refractivity contribution in [1.82, 2.24) is 0 Å². The van der Waals surface area contributed by atoms with E-state index in [9.17, 15) is 4.79 Å². The average Bonchev–Trinajstić information content (AvgIpc) is 3.39. The minimum atomic E-state index is 0.285. The molecule has 0 bridgehead atoms. The largest absolute Gasteiger partial charge is 0.496 e. The number of carbonyl (C=O) groups is 1. The van der Waals surface area contributed by atoms with Crippen molar-refractivity contribution in [3.05, 3.63) is 29.3 Å². The number of hydrogen-bond acceptors (Lipinski definition) is 3. The number of nitrogens with zero attached hydrogens (tertiary/aromatic N) is 1. The van der Waals surface area contributed by atoms with Gasteiger partial charge in [-0.05, 0) is 37.3 Å². The van der Waals surface area contributed by atoms with E-state index in [1.807, 2.05) is 24.4 Å². The number of carbonyl (C=O) groups excluding carboxylic acids is 1. The monoisotopic (exact) mass is 299 g/mol. The van der Waals surface area contributed by atoms with E-state index in [-0.39, 0.29) is 5.92 Å². The fourth-order valence-electron chi connectivity index (χ4n) is 3.22. The van der Waals surface area contributed by atoms with Gasteiger partial charge < -0.3 is 4.74 Å². The van der Waals surface area contributed by atoms with Gasteiger partial charge in [0.05, 0.1) is 7.11 Å². The van der Waals surface area contributed by atoms with Crippen molar-refractivity contribution >= 4 is 12.0 Å². The maximum absolute atomic E-state index is 12.2. The number of ketones is 1. The van der Waals surface area contributed by atoms with Crippen molar-refractivity contribution in [2.24, 2.45) is 10.9 Å². The summed E-state index contributed by atoms with van der Waals surface area (Å²) in [6, 6.07) is 6.41. The summed E-state index contributed by atoms with van der Waals surface area (Å²) in [5.74, 6) is 1.44. The van der Waals surface area contributed by atoms with E-state index in [0.717, 1.165) is 29.7 Å². The van der Waals surface area contributed by atoms with Crippen LogP contribution in [0.15, 0.2) is 23.2 Å². The summed E-state index contributed by atoms with van der Waals surface area (Å²) in [5.41, 5.74) is 2.04. The van der Waals surface area contributed by atoms with Crippen LogP contribution in [0.3, 0.4) is 0 Å². The first-order valence-corrected chi connectivity index (χ1v) is 8.49. The van der Waals surface area contributed by atoms with Gasteiger partial charge in [-0.2, -0.15) is 0 Å². The number of benzene rings is 1. The summed E-state index contributed by atoms with van der Waals surface area (Å²) in [6.07, 6.45) is 10.8. The summed E-state index contributed by atoms with van der Waals surface area (Å²) in [7, 11) is 1.67. The number of hydrogen-bond donors (Lipinski definition) is 0. The topological polar surface area (TPSA) is 38.7 Å². The molecule has 0 aromatic heterocycles. The molecule has 0 atom stereocenters. The summed E-state index contributed by atoms with van der Waals surface area (Å²) < 4.78 is 5.46. The Morgan fingerprint density at radius 3 is 2.68 bits per heavy atom. The molecular weight excluding hydrogens is 274 g/mol. The highest BCUT2D eigenvalue weighted by Crippen LogP contribution is 2.33. The van der Waals surface area contributed by atoms with Crippen LogP contribution in [0.1, 0.15) is 56.1 Å². The first-order valence-electron chi connectivity index (χ1n) is 8.49. The first-order chi connectivity index (χ1) is 10.8. The molecule has 0 N–H and O–H groups in total. The Morgan fingerprint density at radius 2 is 2.00 bits per heavy atom. The van der Waals surface area contributed by atoms with E-state index < -0.39 is 0 Å². The van der Waals surface area contributed by atoms with Crippen molar-refractivity contribution in [1.29, 1.82) is 0 Å². The lowest BCUT2D eigenvalue weighted by atomic mass is 9.95. The van der Waals surface area contributed by atoms with Crippen molar-refractivity contribution in [3.63, 3.8) is 0 Å². The van der Waals surface area contributed by atoms with Crippen LogP contribution in [-0.4, -0.2) is 25.1 Å². The zero-order valence-corrected chi connectivity index (χ0v) is 13.4. The van der Waals surface area contributed by atoms with Crippen LogP contribution >= 0.6 is 0 Å². The summed E-state index contributed by atoms with van der Waals surface area (Å²) >= 11 is 0. The first kappa shape index (κ1) is 15.3. The lowest BCUT2D eigenvalue weighted by Crippen LogP contribution is -2.11. The molecule has 0 unspecified atom stereocenters. The van der Waals surface area contributed by atoms with Crippen LogP contribution in [0.25, 0.3) is 0 Å². The third-order valence-electron chi connectivity index (χ3n) is 4.77. The Bertz CT molecular complexity index is 555. The molecule has 2 fully saturated rings. The number of Topliss-reactive ketones (excluding diaryl/α,β-unsaturated/α-hetero) is 1. The second kappa shape index (κ2) is 7.08. The fourth-order valence-corrected chi connectivity index (χ4v) is 3.22. The Balaban J connectivity index is 1.78. The number of rotatable bonds is 6. The van der Waals surface area contributed by atoms with Gasteiger partial charge in [-0.1, -0.05) is 31.4 Å². The van der Waals surface area contributed by atoms with Crippen molar-refractivity contribution in [2.45, 2.75) is 57.4 Å². The molecule has 3 nitrogen and oxygen atoms in total. The highest BCUT2D eigenvalue weighted by Gasteiger charge is 2.30. The van der Waals surface area contributed by atoms with Crippen LogP contribution in [-0.2, 0) is 11.2 Å². The maximum Gasteiger partial charge on any atom is 0.140 e. The van der Waals surface area contributed by atoms with Crippen LogP contribution in [0.2, 0.25) is 0 Å². The quantitative estimate of drug-likeness (QED) is 0.746. The average molecular weight is 299 g/mol. The number of ether oxygens (including phenoxy) is 1. The summed E-state index contributed by atoms with van der Waals surface area (Å²) in [5, 5.41) is 0. The maximum atomic E-state index is 12.2. The van der Waals surface area contributed by atoms with E-state index >= 15 is 0 Å². The van der Waals surface area contributed by atoms with E-state index in [1.165, 1.54) is 32.1 Å². The van der Waals surface area contributed by atoms with Crippen LogP contribution < -0.4 is 4.74 Å². The van der Waals surface area contributed by atoms with Gasteiger partial charge in [0.1, 0.15) is 11.5 Å². The van der Waals surface area contributed by atoms with Gasteiger partial charge in [0.15, 0.2) is 0 Å². The molecule has 22 heavy (non-hydrogen) atoms. The van der Waals surface area contributed by atoms with Crippen LogP contribution in [0.4, 0.5) is 0 Å². The predicted octanol–water partition coefficient (Wildman–Crippen LogP) is 3.97. The molecule has 2 aliphatic rings. The van der Waals surface area contributed by atoms with Gasteiger partial charge in [0.2, 0.25) is 0 Å². The molecule has 1 aromatic rings. The molecule has 2 aliphatic carbocycles. The van der Waals surface area contributed by atoms with E-state index in [1.54, 1.807) is 7.11 Å². The number of methoxy groups -OCH3 is 1. The Hall–Kier alpha value is -1.64. The molecule has 1 aromatic carbocycles. The van der Waals surface area contributed by atoms with Crippen LogP contribution in [0.5, 0.6) is 5.75 Å². The van der Waals surface area contributed by atoms with Gasteiger partial charge in [-0.15, -0.1) is 0 Å². The summed E-state index contributed by atoms with van der Waals surface area (Å²) in [4.78, 5) is 17.0. The summed E-state index contributed by atoms with van der Waals surface area (Å²) in [6.45, 7) is 0. The SMILES string of the molecule is COc1cccc(C=NC2CCCCC2)c1CC(=O)C1CC1. The second-order valence-corrected chi connectivity index (χ2v) is 6.52. The molecule has 0 saturated heterocycles. The zero-order chi connectivity index (χ0) is 15.4. The lowest BCUT2D eigenvalue weighted by molar-refractivity contribution is -0.119. The Labute approximate surface area is 132 Å². The van der Waals surface area contributed by atoms with Crippen molar-refractivity contribution in [3.8, 4) is 5.75 Å². The molecule has 2 saturated carbocycles. The third-order valence-corrected chi connectivity index (χ3v) is 4.77. The zero-order valence-electron chi connectivity index (χ0n) is 13.4. The van der Waals surface area contributed by atoms with Gasteiger partial charge in [-0.25, -0.2) is 0 Å². The second-order valence-electron chi connectivity index (χ2n) is 6.52. The molecule has 0 heterocycles. The van der Waals surface area contributed by atoms with E-state index in [0.29, 0.717) is 18.2 Å².